The first kappa shape index (κ1) is 14.3. The van der Waals surface area contributed by atoms with Crippen LogP contribution in [-0.2, 0) is 24.2 Å². The Morgan fingerprint density at radius 1 is 1.05 bits per heavy atom. The van der Waals surface area contributed by atoms with Gasteiger partial charge in [-0.15, -0.1) is 11.3 Å². The molecule has 0 saturated carbocycles. The number of ether oxygens (including phenoxy) is 1. The van der Waals surface area contributed by atoms with Crippen LogP contribution in [0.2, 0.25) is 0 Å². The zero-order valence-electron chi connectivity index (χ0n) is 11.4. The zero-order chi connectivity index (χ0) is 13.3. The molecular formula is C16H21NOS. The molecule has 19 heavy (non-hydrogen) atoms. The fraction of sp³-hybridized carbons (Fsp3) is 0.375. The topological polar surface area (TPSA) is 21.3 Å². The fourth-order valence-corrected chi connectivity index (χ4v) is 2.70. The summed E-state index contributed by atoms with van der Waals surface area (Å²) in [4.78, 5) is 1.39. The first-order valence-corrected chi connectivity index (χ1v) is 7.59. The van der Waals surface area contributed by atoms with Crippen molar-refractivity contribution in [3.05, 3.63) is 57.8 Å². The van der Waals surface area contributed by atoms with Crippen molar-refractivity contribution in [1.29, 1.82) is 0 Å². The number of nitrogens with one attached hydrogen (secondary N) is 1. The Bertz CT molecular complexity index is 467. The lowest BCUT2D eigenvalue weighted by atomic mass is 10.1. The molecule has 3 heteroatoms. The summed E-state index contributed by atoms with van der Waals surface area (Å²) in [6.45, 7) is 2.51. The predicted molar refractivity (Wildman–Crippen MR) is 81.8 cm³/mol. The highest BCUT2D eigenvalue weighted by molar-refractivity contribution is 7.09. The molecule has 1 N–H and O–H groups in total. The van der Waals surface area contributed by atoms with Crippen LogP contribution in [0.15, 0.2) is 41.8 Å². The van der Waals surface area contributed by atoms with Crippen LogP contribution in [0, 0.1) is 0 Å². The van der Waals surface area contributed by atoms with E-state index >= 15 is 0 Å². The molecule has 0 radical (unpaired) electrons. The highest BCUT2D eigenvalue weighted by Gasteiger charge is 2.02. The molecule has 0 amide bonds. The summed E-state index contributed by atoms with van der Waals surface area (Å²) in [6, 6.07) is 12.8. The Hall–Kier alpha value is -1.16. The van der Waals surface area contributed by atoms with Gasteiger partial charge in [-0.3, -0.25) is 0 Å². The number of hydrogen-bond donors (Lipinski definition) is 1. The molecule has 0 atom stereocenters. The van der Waals surface area contributed by atoms with Crippen LogP contribution < -0.4 is 5.32 Å². The molecule has 0 bridgehead atoms. The van der Waals surface area contributed by atoms with Gasteiger partial charge in [-0.2, -0.15) is 0 Å². The summed E-state index contributed by atoms with van der Waals surface area (Å²) in [5.41, 5.74) is 2.69. The summed E-state index contributed by atoms with van der Waals surface area (Å²) in [6.07, 6.45) is 2.07. The number of likely N-dealkylation sites (N-methyl/N-ethyl adjacent to an activating group) is 1. The Morgan fingerprint density at radius 2 is 1.89 bits per heavy atom. The maximum atomic E-state index is 5.80. The summed E-state index contributed by atoms with van der Waals surface area (Å²) in [7, 11) is 1.99. The quantitative estimate of drug-likeness (QED) is 0.747. The normalized spacial score (nSPS) is 10.8. The molecule has 102 valence electrons. The minimum atomic E-state index is 0.714. The maximum Gasteiger partial charge on any atom is 0.0719 e. The van der Waals surface area contributed by atoms with E-state index in [0.717, 1.165) is 26.0 Å². The van der Waals surface area contributed by atoms with E-state index in [9.17, 15) is 0 Å². The number of thiophene rings is 1. The predicted octanol–water partition coefficient (Wildman–Crippen LogP) is 3.27. The third-order valence-corrected chi connectivity index (χ3v) is 4.03. The molecule has 1 aromatic heterocycles. The second kappa shape index (κ2) is 8.10. The van der Waals surface area contributed by atoms with E-state index in [1.54, 1.807) is 11.3 Å². The fourth-order valence-electron chi connectivity index (χ4n) is 2.01. The van der Waals surface area contributed by atoms with Crippen molar-refractivity contribution in [3.63, 3.8) is 0 Å². The van der Waals surface area contributed by atoms with Crippen molar-refractivity contribution >= 4 is 11.3 Å². The molecule has 0 aliphatic rings. The first-order valence-electron chi connectivity index (χ1n) is 6.71. The summed E-state index contributed by atoms with van der Waals surface area (Å²) < 4.78 is 5.80. The SMILES string of the molecule is CNCCc1ccccc1COCCc1cccs1. The molecule has 0 aliphatic carbocycles. The standard InChI is InChI=1S/C16H21NOS/c1-17-10-8-14-5-2-3-6-15(14)13-18-11-9-16-7-4-12-19-16/h2-7,12,17H,8-11,13H2,1H3. The molecular weight excluding hydrogens is 254 g/mol. The van der Waals surface area contributed by atoms with Crippen molar-refractivity contribution < 1.29 is 4.74 Å². The zero-order valence-corrected chi connectivity index (χ0v) is 12.2. The first-order chi connectivity index (χ1) is 9.40. The van der Waals surface area contributed by atoms with Gasteiger partial charge in [0.25, 0.3) is 0 Å². The van der Waals surface area contributed by atoms with Gasteiger partial charge in [0, 0.05) is 11.3 Å². The molecule has 0 aliphatic heterocycles. The van der Waals surface area contributed by atoms with E-state index in [-0.39, 0.29) is 0 Å². The molecule has 0 spiro atoms. The molecule has 2 rings (SSSR count). The monoisotopic (exact) mass is 275 g/mol. The summed E-state index contributed by atoms with van der Waals surface area (Å²) in [5.74, 6) is 0. The van der Waals surface area contributed by atoms with E-state index in [4.69, 9.17) is 4.74 Å². The Kier molecular flexibility index (Phi) is 6.08. The third kappa shape index (κ3) is 4.78. The van der Waals surface area contributed by atoms with Gasteiger partial charge in [0.2, 0.25) is 0 Å². The Labute approximate surface area is 119 Å². The van der Waals surface area contributed by atoms with Crippen LogP contribution in [0.4, 0.5) is 0 Å². The van der Waals surface area contributed by atoms with Crippen LogP contribution in [0.3, 0.4) is 0 Å². The minimum absolute atomic E-state index is 0.714. The molecule has 2 aromatic rings. The average molecular weight is 275 g/mol. The molecule has 2 nitrogen and oxygen atoms in total. The van der Waals surface area contributed by atoms with E-state index < -0.39 is 0 Å². The van der Waals surface area contributed by atoms with Crippen molar-refractivity contribution in [2.24, 2.45) is 0 Å². The summed E-state index contributed by atoms with van der Waals surface area (Å²) >= 11 is 1.80. The lowest BCUT2D eigenvalue weighted by molar-refractivity contribution is 0.123. The third-order valence-electron chi connectivity index (χ3n) is 3.09. The number of benzene rings is 1. The van der Waals surface area contributed by atoms with Gasteiger partial charge in [0.1, 0.15) is 0 Å². The van der Waals surface area contributed by atoms with Crippen molar-refractivity contribution in [3.8, 4) is 0 Å². The van der Waals surface area contributed by atoms with Crippen molar-refractivity contribution in [2.45, 2.75) is 19.4 Å². The highest BCUT2D eigenvalue weighted by Crippen LogP contribution is 2.12. The Balaban J connectivity index is 1.78. The van der Waals surface area contributed by atoms with Crippen LogP contribution in [0.1, 0.15) is 16.0 Å². The van der Waals surface area contributed by atoms with E-state index in [0.29, 0.717) is 6.61 Å². The van der Waals surface area contributed by atoms with E-state index in [1.165, 1.54) is 16.0 Å². The molecule has 0 unspecified atom stereocenters. The van der Waals surface area contributed by atoms with Crippen molar-refractivity contribution in [1.82, 2.24) is 5.32 Å². The van der Waals surface area contributed by atoms with Gasteiger partial charge in [-0.05, 0) is 42.6 Å². The number of hydrogen-bond acceptors (Lipinski definition) is 3. The van der Waals surface area contributed by atoms with Gasteiger partial charge in [-0.25, -0.2) is 0 Å². The largest absolute Gasteiger partial charge is 0.376 e. The molecule has 1 heterocycles. The van der Waals surface area contributed by atoms with Crippen LogP contribution in [0.25, 0.3) is 0 Å². The van der Waals surface area contributed by atoms with Crippen LogP contribution >= 0.6 is 11.3 Å². The minimum Gasteiger partial charge on any atom is -0.376 e. The molecule has 1 aromatic carbocycles. The molecule has 0 fully saturated rings. The van der Waals surface area contributed by atoms with Gasteiger partial charge in [0.15, 0.2) is 0 Å². The second-order valence-corrected chi connectivity index (χ2v) is 5.54. The van der Waals surface area contributed by atoms with E-state index in [2.05, 4.69) is 47.1 Å². The second-order valence-electron chi connectivity index (χ2n) is 4.50. The van der Waals surface area contributed by atoms with Gasteiger partial charge >= 0.3 is 0 Å². The lowest BCUT2D eigenvalue weighted by Gasteiger charge is -2.09. The van der Waals surface area contributed by atoms with Crippen LogP contribution in [0.5, 0.6) is 0 Å². The van der Waals surface area contributed by atoms with Gasteiger partial charge in [0.05, 0.1) is 13.2 Å². The van der Waals surface area contributed by atoms with E-state index in [1.807, 2.05) is 7.05 Å². The number of rotatable bonds is 8. The van der Waals surface area contributed by atoms with Gasteiger partial charge < -0.3 is 10.1 Å². The van der Waals surface area contributed by atoms with Crippen LogP contribution in [-0.4, -0.2) is 20.2 Å². The average Bonchev–Trinajstić information content (AvgIpc) is 2.95. The Morgan fingerprint density at radius 3 is 2.63 bits per heavy atom. The van der Waals surface area contributed by atoms with Gasteiger partial charge in [-0.1, -0.05) is 30.3 Å². The lowest BCUT2D eigenvalue weighted by Crippen LogP contribution is -2.12. The maximum absolute atomic E-state index is 5.80. The molecule has 0 saturated heterocycles. The summed E-state index contributed by atoms with van der Waals surface area (Å²) in [5, 5.41) is 5.30. The smallest absolute Gasteiger partial charge is 0.0719 e. The van der Waals surface area contributed by atoms with Crippen molar-refractivity contribution in [2.75, 3.05) is 20.2 Å². The highest BCUT2D eigenvalue weighted by atomic mass is 32.1.